The SMILES string of the molecule is CCCCCN(C(=O)CN1CCC(C)CC1)c1c(N)n(CCCC)c(=O)[nH]c1=O. The third-order valence-corrected chi connectivity index (χ3v) is 5.74. The fraction of sp³-hybridized carbons (Fsp3) is 0.762. The average Bonchev–Trinajstić information content (AvgIpc) is 2.68. The third-order valence-electron chi connectivity index (χ3n) is 5.74. The molecule has 1 fully saturated rings. The number of nitrogens with two attached hydrogens (primary N) is 1. The molecule has 2 rings (SSSR count). The van der Waals surface area contributed by atoms with Gasteiger partial charge in [0, 0.05) is 13.1 Å². The van der Waals surface area contributed by atoms with Gasteiger partial charge in [-0.15, -0.1) is 0 Å². The second kappa shape index (κ2) is 11.2. The smallest absolute Gasteiger partial charge is 0.330 e. The molecule has 0 aromatic carbocycles. The molecule has 8 heteroatoms. The number of likely N-dealkylation sites (tertiary alicyclic amines) is 1. The maximum absolute atomic E-state index is 13.2. The summed E-state index contributed by atoms with van der Waals surface area (Å²) in [5.74, 6) is 0.639. The summed E-state index contributed by atoms with van der Waals surface area (Å²) in [6, 6.07) is 0. The lowest BCUT2D eigenvalue weighted by Gasteiger charge is -2.32. The predicted molar refractivity (Wildman–Crippen MR) is 117 cm³/mol. The summed E-state index contributed by atoms with van der Waals surface area (Å²) in [7, 11) is 0. The minimum Gasteiger partial charge on any atom is -0.383 e. The summed E-state index contributed by atoms with van der Waals surface area (Å²) in [6.45, 7) is 9.24. The van der Waals surface area contributed by atoms with Gasteiger partial charge in [-0.1, -0.05) is 40.0 Å². The van der Waals surface area contributed by atoms with Crippen molar-refractivity contribution in [1.29, 1.82) is 0 Å². The van der Waals surface area contributed by atoms with Crippen LogP contribution in [0, 0.1) is 5.92 Å². The molecule has 1 aliphatic rings. The van der Waals surface area contributed by atoms with Crippen molar-refractivity contribution in [2.45, 2.75) is 72.3 Å². The van der Waals surface area contributed by atoms with Crippen LogP contribution in [-0.2, 0) is 11.3 Å². The van der Waals surface area contributed by atoms with Crippen LogP contribution in [0.15, 0.2) is 9.59 Å². The first-order valence-electron chi connectivity index (χ1n) is 11.0. The van der Waals surface area contributed by atoms with Crippen LogP contribution in [-0.4, -0.2) is 46.5 Å². The molecular weight excluding hydrogens is 370 g/mol. The Kier molecular flexibility index (Phi) is 8.95. The van der Waals surface area contributed by atoms with E-state index in [9.17, 15) is 14.4 Å². The van der Waals surface area contributed by atoms with Gasteiger partial charge in [0.2, 0.25) is 5.91 Å². The molecule has 2 heterocycles. The number of hydrogen-bond donors (Lipinski definition) is 2. The number of aromatic amines is 1. The van der Waals surface area contributed by atoms with Crippen molar-refractivity contribution >= 4 is 17.4 Å². The molecule has 0 saturated carbocycles. The maximum atomic E-state index is 13.2. The molecule has 29 heavy (non-hydrogen) atoms. The largest absolute Gasteiger partial charge is 0.383 e. The van der Waals surface area contributed by atoms with Crippen LogP contribution >= 0.6 is 0 Å². The summed E-state index contributed by atoms with van der Waals surface area (Å²) < 4.78 is 1.38. The highest BCUT2D eigenvalue weighted by Crippen LogP contribution is 2.20. The first-order valence-corrected chi connectivity index (χ1v) is 11.0. The number of unbranched alkanes of at least 4 members (excludes halogenated alkanes) is 3. The summed E-state index contributed by atoms with van der Waals surface area (Å²) in [4.78, 5) is 44.1. The molecule has 0 aliphatic carbocycles. The second-order valence-corrected chi connectivity index (χ2v) is 8.21. The zero-order chi connectivity index (χ0) is 21.4. The number of amides is 1. The van der Waals surface area contributed by atoms with Crippen molar-refractivity contribution in [3.8, 4) is 0 Å². The lowest BCUT2D eigenvalue weighted by Crippen LogP contribution is -2.47. The van der Waals surface area contributed by atoms with Gasteiger partial charge in [0.05, 0.1) is 6.54 Å². The Labute approximate surface area is 173 Å². The Bertz CT molecular complexity index is 778. The molecule has 164 valence electrons. The molecule has 1 saturated heterocycles. The van der Waals surface area contributed by atoms with E-state index in [4.69, 9.17) is 5.73 Å². The van der Waals surface area contributed by atoms with Crippen molar-refractivity contribution in [3.63, 3.8) is 0 Å². The number of nitrogens with zero attached hydrogens (tertiary/aromatic N) is 3. The number of hydrogen-bond acceptors (Lipinski definition) is 5. The van der Waals surface area contributed by atoms with Crippen molar-refractivity contribution in [2.75, 3.05) is 36.8 Å². The molecule has 1 amide bonds. The molecule has 3 N–H and O–H groups in total. The van der Waals surface area contributed by atoms with Crippen molar-refractivity contribution in [1.82, 2.24) is 14.5 Å². The van der Waals surface area contributed by atoms with E-state index in [2.05, 4.69) is 23.7 Å². The quantitative estimate of drug-likeness (QED) is 0.579. The van der Waals surface area contributed by atoms with Crippen molar-refractivity contribution < 1.29 is 4.79 Å². The Balaban J connectivity index is 2.32. The Morgan fingerprint density at radius 2 is 1.79 bits per heavy atom. The number of carbonyl (C=O) groups is 1. The van der Waals surface area contributed by atoms with Crippen molar-refractivity contribution in [2.24, 2.45) is 5.92 Å². The number of nitrogens with one attached hydrogen (secondary N) is 1. The van der Waals surface area contributed by atoms with Gasteiger partial charge in [-0.25, -0.2) is 4.79 Å². The molecule has 0 unspecified atom stereocenters. The number of anilines is 2. The Hall–Kier alpha value is -2.09. The number of aromatic nitrogens is 2. The van der Waals surface area contributed by atoms with Gasteiger partial charge >= 0.3 is 5.69 Å². The van der Waals surface area contributed by atoms with Crippen LogP contribution in [0.4, 0.5) is 11.5 Å². The number of piperidine rings is 1. The highest BCUT2D eigenvalue weighted by molar-refractivity contribution is 5.96. The first-order chi connectivity index (χ1) is 13.9. The topological polar surface area (TPSA) is 104 Å². The predicted octanol–water partition coefficient (Wildman–Crippen LogP) is 2.17. The number of carbonyl (C=O) groups excluding carboxylic acids is 1. The molecule has 1 aromatic rings. The van der Waals surface area contributed by atoms with E-state index in [1.807, 2.05) is 6.92 Å². The monoisotopic (exact) mass is 407 g/mol. The Morgan fingerprint density at radius 1 is 1.14 bits per heavy atom. The zero-order valence-electron chi connectivity index (χ0n) is 18.2. The van der Waals surface area contributed by atoms with Gasteiger partial charge < -0.3 is 10.6 Å². The standard InChI is InChI=1S/C21H37N5O3/c1-4-6-8-12-25(17(27)15-24-13-9-16(3)10-14-24)18-19(22)26(11-7-5-2)21(29)23-20(18)28/h16H,4-15,22H2,1-3H3,(H,23,28,29). The molecule has 8 nitrogen and oxygen atoms in total. The molecule has 0 bridgehead atoms. The van der Waals surface area contributed by atoms with E-state index in [-0.39, 0.29) is 24.0 Å². The van der Waals surface area contributed by atoms with Crippen LogP contribution in [0.25, 0.3) is 0 Å². The van der Waals surface area contributed by atoms with Gasteiger partial charge in [-0.2, -0.15) is 0 Å². The van der Waals surface area contributed by atoms with E-state index in [1.165, 1.54) is 9.47 Å². The van der Waals surface area contributed by atoms with Crippen LogP contribution in [0.5, 0.6) is 0 Å². The lowest BCUT2D eigenvalue weighted by atomic mass is 9.99. The van der Waals surface area contributed by atoms with E-state index in [1.54, 1.807) is 0 Å². The van der Waals surface area contributed by atoms with Gasteiger partial charge in [-0.05, 0) is 44.7 Å². The van der Waals surface area contributed by atoms with Crippen LogP contribution < -0.4 is 21.9 Å². The number of nitrogen functional groups attached to an aromatic ring is 1. The summed E-state index contributed by atoms with van der Waals surface area (Å²) in [5, 5.41) is 0. The Morgan fingerprint density at radius 3 is 2.41 bits per heavy atom. The van der Waals surface area contributed by atoms with Crippen molar-refractivity contribution in [3.05, 3.63) is 20.8 Å². The van der Waals surface area contributed by atoms with Crippen LogP contribution in [0.2, 0.25) is 0 Å². The minimum atomic E-state index is -0.586. The normalized spacial score (nSPS) is 15.6. The van der Waals surface area contributed by atoms with E-state index in [0.29, 0.717) is 19.0 Å². The minimum absolute atomic E-state index is 0.0873. The van der Waals surface area contributed by atoms with Gasteiger partial charge in [0.15, 0.2) is 5.69 Å². The zero-order valence-corrected chi connectivity index (χ0v) is 18.2. The summed E-state index contributed by atoms with van der Waals surface area (Å²) in [6.07, 6.45) is 6.57. The fourth-order valence-electron chi connectivity index (χ4n) is 3.75. The van der Waals surface area contributed by atoms with Gasteiger partial charge in [0.1, 0.15) is 5.82 Å². The fourth-order valence-corrected chi connectivity index (χ4v) is 3.75. The number of H-pyrrole nitrogens is 1. The average molecular weight is 408 g/mol. The second-order valence-electron chi connectivity index (χ2n) is 8.21. The highest BCUT2D eigenvalue weighted by atomic mass is 16.2. The maximum Gasteiger partial charge on any atom is 0.330 e. The lowest BCUT2D eigenvalue weighted by molar-refractivity contribution is -0.120. The first kappa shape index (κ1) is 23.2. The molecule has 0 spiro atoms. The number of rotatable bonds is 10. The third kappa shape index (κ3) is 6.19. The van der Waals surface area contributed by atoms with Crippen LogP contribution in [0.3, 0.4) is 0 Å². The summed E-state index contributed by atoms with van der Waals surface area (Å²) in [5.41, 5.74) is 5.27. The van der Waals surface area contributed by atoms with E-state index < -0.39 is 11.2 Å². The summed E-state index contributed by atoms with van der Waals surface area (Å²) >= 11 is 0. The molecular formula is C21H37N5O3. The van der Waals surface area contributed by atoms with E-state index >= 15 is 0 Å². The van der Waals surface area contributed by atoms with Gasteiger partial charge in [0.25, 0.3) is 5.56 Å². The molecule has 1 aromatic heterocycles. The van der Waals surface area contributed by atoms with Gasteiger partial charge in [-0.3, -0.25) is 24.0 Å². The van der Waals surface area contributed by atoms with E-state index in [0.717, 1.165) is 58.0 Å². The molecule has 0 radical (unpaired) electrons. The molecule has 1 aliphatic heterocycles. The van der Waals surface area contributed by atoms with Crippen LogP contribution in [0.1, 0.15) is 65.7 Å². The highest BCUT2D eigenvalue weighted by Gasteiger charge is 2.26. The molecule has 0 atom stereocenters.